The van der Waals surface area contributed by atoms with E-state index in [0.717, 1.165) is 17.7 Å². The van der Waals surface area contributed by atoms with Crippen LogP contribution in [0.3, 0.4) is 0 Å². The Kier molecular flexibility index (Phi) is 5.45. The standard InChI is InChI=1S/C25H19F2N3O2/c1-13-9-17(15(3)30-21-5-4-8-29-22(21)12-28)25-18(10-13)23(31)14(2)24(32-25)16-6-7-19(26)20(27)11-16/h4-11,15,30H,1-3H3/t15-/m1/s1. The van der Waals surface area contributed by atoms with Crippen LogP contribution in [0.15, 0.2) is 57.9 Å². The summed E-state index contributed by atoms with van der Waals surface area (Å²) in [5, 5.41) is 13.0. The van der Waals surface area contributed by atoms with E-state index in [0.29, 0.717) is 27.8 Å². The lowest BCUT2D eigenvalue weighted by Gasteiger charge is -2.19. The van der Waals surface area contributed by atoms with Crippen LogP contribution in [0, 0.1) is 36.8 Å². The van der Waals surface area contributed by atoms with Crippen molar-refractivity contribution in [3.63, 3.8) is 0 Å². The number of hydrogen-bond donors (Lipinski definition) is 1. The van der Waals surface area contributed by atoms with E-state index in [-0.39, 0.29) is 28.5 Å². The molecule has 4 rings (SSSR count). The van der Waals surface area contributed by atoms with E-state index in [1.165, 1.54) is 12.3 Å². The second-order valence-electron chi connectivity index (χ2n) is 7.62. The SMILES string of the molecule is Cc1cc([C@@H](C)Nc2cccnc2C#N)c2oc(-c3ccc(F)c(F)c3)c(C)c(=O)c2c1. The lowest BCUT2D eigenvalue weighted by atomic mass is 9.98. The molecule has 0 fully saturated rings. The molecule has 32 heavy (non-hydrogen) atoms. The van der Waals surface area contributed by atoms with Crippen molar-refractivity contribution in [1.82, 2.24) is 4.98 Å². The lowest BCUT2D eigenvalue weighted by Crippen LogP contribution is -2.13. The maximum Gasteiger partial charge on any atom is 0.196 e. The normalized spacial score (nSPS) is 11.9. The number of aryl methyl sites for hydroxylation is 1. The van der Waals surface area contributed by atoms with E-state index >= 15 is 0 Å². The van der Waals surface area contributed by atoms with Crippen LogP contribution < -0.4 is 10.7 Å². The molecule has 0 aliphatic carbocycles. The van der Waals surface area contributed by atoms with E-state index in [1.54, 1.807) is 25.1 Å². The van der Waals surface area contributed by atoms with Crippen LogP contribution >= 0.6 is 0 Å². The summed E-state index contributed by atoms with van der Waals surface area (Å²) in [6.07, 6.45) is 1.53. The average Bonchev–Trinajstić information content (AvgIpc) is 2.78. The molecule has 0 saturated carbocycles. The minimum Gasteiger partial charge on any atom is -0.455 e. The fourth-order valence-electron chi connectivity index (χ4n) is 3.72. The molecule has 0 bridgehead atoms. The topological polar surface area (TPSA) is 78.9 Å². The lowest BCUT2D eigenvalue weighted by molar-refractivity contribution is 0.508. The van der Waals surface area contributed by atoms with Gasteiger partial charge in [-0.15, -0.1) is 0 Å². The van der Waals surface area contributed by atoms with Gasteiger partial charge in [-0.05, 0) is 62.7 Å². The molecular formula is C25H19F2N3O2. The number of anilines is 1. The molecule has 0 spiro atoms. The van der Waals surface area contributed by atoms with Crippen LogP contribution in [0.4, 0.5) is 14.5 Å². The summed E-state index contributed by atoms with van der Waals surface area (Å²) in [6.45, 7) is 5.35. The van der Waals surface area contributed by atoms with Crippen LogP contribution in [0.2, 0.25) is 0 Å². The monoisotopic (exact) mass is 431 g/mol. The molecule has 2 aromatic heterocycles. The van der Waals surface area contributed by atoms with Gasteiger partial charge in [0.25, 0.3) is 0 Å². The fraction of sp³-hybridized carbons (Fsp3) is 0.160. The van der Waals surface area contributed by atoms with Crippen molar-refractivity contribution in [2.45, 2.75) is 26.8 Å². The van der Waals surface area contributed by atoms with Crippen molar-refractivity contribution in [2.24, 2.45) is 0 Å². The van der Waals surface area contributed by atoms with Gasteiger partial charge >= 0.3 is 0 Å². The molecule has 0 aliphatic rings. The minimum absolute atomic E-state index is 0.179. The van der Waals surface area contributed by atoms with Gasteiger partial charge in [0.15, 0.2) is 22.8 Å². The Bertz CT molecular complexity index is 1450. The third kappa shape index (κ3) is 3.71. The highest BCUT2D eigenvalue weighted by atomic mass is 19.2. The van der Waals surface area contributed by atoms with E-state index in [4.69, 9.17) is 4.42 Å². The first kappa shape index (κ1) is 21.2. The Hall–Kier alpha value is -4.05. The van der Waals surface area contributed by atoms with Crippen molar-refractivity contribution >= 4 is 16.7 Å². The highest BCUT2D eigenvalue weighted by Gasteiger charge is 2.20. The van der Waals surface area contributed by atoms with E-state index in [1.807, 2.05) is 26.0 Å². The largest absolute Gasteiger partial charge is 0.455 e. The number of halogens is 2. The summed E-state index contributed by atoms with van der Waals surface area (Å²) in [5.41, 5.74) is 3.01. The van der Waals surface area contributed by atoms with Crippen LogP contribution in [-0.2, 0) is 0 Å². The van der Waals surface area contributed by atoms with Gasteiger partial charge in [-0.2, -0.15) is 5.26 Å². The Morgan fingerprint density at radius 3 is 2.62 bits per heavy atom. The number of aromatic nitrogens is 1. The Morgan fingerprint density at radius 1 is 1.12 bits per heavy atom. The van der Waals surface area contributed by atoms with Gasteiger partial charge in [0.2, 0.25) is 0 Å². The Morgan fingerprint density at radius 2 is 1.91 bits per heavy atom. The first-order valence-corrected chi connectivity index (χ1v) is 9.95. The summed E-state index contributed by atoms with van der Waals surface area (Å²) in [4.78, 5) is 17.2. The zero-order valence-electron chi connectivity index (χ0n) is 17.7. The van der Waals surface area contributed by atoms with Gasteiger partial charge < -0.3 is 9.73 Å². The molecule has 7 heteroatoms. The van der Waals surface area contributed by atoms with Gasteiger partial charge in [0.1, 0.15) is 17.4 Å². The molecule has 0 unspecified atom stereocenters. The summed E-state index contributed by atoms with van der Waals surface area (Å²) in [6, 6.07) is 12.2. The smallest absolute Gasteiger partial charge is 0.196 e. The number of nitrogens with zero attached hydrogens (tertiary/aromatic N) is 2. The predicted molar refractivity (Wildman–Crippen MR) is 118 cm³/mol. The molecule has 1 N–H and O–H groups in total. The predicted octanol–water partition coefficient (Wildman–Crippen LogP) is 5.79. The van der Waals surface area contributed by atoms with Crippen LogP contribution in [0.5, 0.6) is 0 Å². The van der Waals surface area contributed by atoms with Gasteiger partial charge in [-0.3, -0.25) is 4.79 Å². The number of benzene rings is 2. The highest BCUT2D eigenvalue weighted by Crippen LogP contribution is 2.32. The molecule has 4 aromatic rings. The first-order chi connectivity index (χ1) is 15.3. The molecule has 5 nitrogen and oxygen atoms in total. The molecule has 0 aliphatic heterocycles. The number of nitriles is 1. The van der Waals surface area contributed by atoms with Gasteiger partial charge in [-0.25, -0.2) is 13.8 Å². The molecule has 0 radical (unpaired) electrons. The van der Waals surface area contributed by atoms with Crippen LogP contribution in [0.25, 0.3) is 22.3 Å². The van der Waals surface area contributed by atoms with Crippen molar-refractivity contribution < 1.29 is 13.2 Å². The molecular weight excluding hydrogens is 412 g/mol. The summed E-state index contributed by atoms with van der Waals surface area (Å²) >= 11 is 0. The van der Waals surface area contributed by atoms with Gasteiger partial charge in [0, 0.05) is 22.9 Å². The van der Waals surface area contributed by atoms with Crippen molar-refractivity contribution in [3.05, 3.63) is 92.9 Å². The second kappa shape index (κ2) is 8.23. The summed E-state index contributed by atoms with van der Waals surface area (Å²) in [5.74, 6) is -1.82. The number of nitrogens with one attached hydrogen (secondary N) is 1. The molecule has 1 atom stereocenters. The number of pyridine rings is 1. The van der Waals surface area contributed by atoms with Crippen molar-refractivity contribution in [3.8, 4) is 17.4 Å². The maximum absolute atomic E-state index is 13.8. The van der Waals surface area contributed by atoms with E-state index < -0.39 is 11.6 Å². The minimum atomic E-state index is -1.02. The zero-order chi connectivity index (χ0) is 23.0. The molecule has 0 saturated heterocycles. The van der Waals surface area contributed by atoms with Crippen LogP contribution in [0.1, 0.15) is 35.3 Å². The quantitative estimate of drug-likeness (QED) is 0.442. The molecule has 0 amide bonds. The summed E-state index contributed by atoms with van der Waals surface area (Å²) in [7, 11) is 0. The molecule has 160 valence electrons. The zero-order valence-corrected chi connectivity index (χ0v) is 17.7. The van der Waals surface area contributed by atoms with Gasteiger partial charge in [-0.1, -0.05) is 6.07 Å². The van der Waals surface area contributed by atoms with Crippen molar-refractivity contribution in [2.75, 3.05) is 5.32 Å². The third-order valence-electron chi connectivity index (χ3n) is 5.33. The van der Waals surface area contributed by atoms with Gasteiger partial charge in [0.05, 0.1) is 17.1 Å². The highest BCUT2D eigenvalue weighted by molar-refractivity contribution is 5.84. The molecule has 2 aromatic carbocycles. The maximum atomic E-state index is 13.8. The third-order valence-corrected chi connectivity index (χ3v) is 5.33. The molecule has 2 heterocycles. The van der Waals surface area contributed by atoms with Crippen LogP contribution in [-0.4, -0.2) is 4.98 Å². The average molecular weight is 431 g/mol. The second-order valence-corrected chi connectivity index (χ2v) is 7.62. The Labute approximate surface area is 183 Å². The number of fused-ring (bicyclic) bond motifs is 1. The summed E-state index contributed by atoms with van der Waals surface area (Å²) < 4.78 is 33.4. The van der Waals surface area contributed by atoms with E-state index in [9.17, 15) is 18.8 Å². The number of hydrogen-bond acceptors (Lipinski definition) is 5. The number of rotatable bonds is 4. The Balaban J connectivity index is 1.91. The first-order valence-electron chi connectivity index (χ1n) is 9.95. The fourth-order valence-corrected chi connectivity index (χ4v) is 3.72. The van der Waals surface area contributed by atoms with E-state index in [2.05, 4.69) is 10.3 Å². The van der Waals surface area contributed by atoms with Crippen molar-refractivity contribution in [1.29, 1.82) is 5.26 Å².